The minimum atomic E-state index is -3.46. The standard InChI is InChI=1S/C11H18N2O3S/c1-9(8-14)7-13-10-5-3-4-6-11(10)17(15,16)12-2/h3-6,9,12-14H,7-8H2,1-2H3. The fourth-order valence-electron chi connectivity index (χ4n) is 1.31. The van der Waals surface area contributed by atoms with Crippen LogP contribution in [0.2, 0.25) is 0 Å². The largest absolute Gasteiger partial charge is 0.396 e. The molecule has 96 valence electrons. The van der Waals surface area contributed by atoms with Crippen molar-refractivity contribution in [2.45, 2.75) is 11.8 Å². The number of hydrogen-bond acceptors (Lipinski definition) is 4. The van der Waals surface area contributed by atoms with Crippen molar-refractivity contribution in [3.8, 4) is 0 Å². The number of para-hydroxylation sites is 1. The van der Waals surface area contributed by atoms with Crippen LogP contribution in [0.15, 0.2) is 29.2 Å². The van der Waals surface area contributed by atoms with Gasteiger partial charge in [0.1, 0.15) is 4.90 Å². The SMILES string of the molecule is CNS(=O)(=O)c1ccccc1NCC(C)CO. The number of nitrogens with one attached hydrogen (secondary N) is 2. The molecule has 1 rings (SSSR count). The molecule has 5 nitrogen and oxygen atoms in total. The van der Waals surface area contributed by atoms with Gasteiger partial charge in [-0.3, -0.25) is 0 Å². The van der Waals surface area contributed by atoms with E-state index in [-0.39, 0.29) is 17.4 Å². The van der Waals surface area contributed by atoms with Crippen LogP contribution in [0.4, 0.5) is 5.69 Å². The van der Waals surface area contributed by atoms with E-state index < -0.39 is 10.0 Å². The summed E-state index contributed by atoms with van der Waals surface area (Å²) >= 11 is 0. The number of aliphatic hydroxyl groups is 1. The Bertz CT molecular complexity index is 460. The Balaban J connectivity index is 2.93. The Labute approximate surface area is 102 Å². The number of aliphatic hydroxyl groups excluding tert-OH is 1. The molecule has 0 heterocycles. The summed E-state index contributed by atoms with van der Waals surface area (Å²) in [5.74, 6) is 0.0698. The normalized spacial score (nSPS) is 13.4. The first-order valence-electron chi connectivity index (χ1n) is 5.38. The van der Waals surface area contributed by atoms with Crippen LogP contribution >= 0.6 is 0 Å². The van der Waals surface area contributed by atoms with Gasteiger partial charge in [-0.25, -0.2) is 13.1 Å². The van der Waals surface area contributed by atoms with Crippen molar-refractivity contribution in [2.24, 2.45) is 5.92 Å². The van der Waals surface area contributed by atoms with E-state index in [2.05, 4.69) is 10.0 Å². The van der Waals surface area contributed by atoms with Crippen LogP contribution in [-0.2, 0) is 10.0 Å². The average molecular weight is 258 g/mol. The van der Waals surface area contributed by atoms with Gasteiger partial charge >= 0.3 is 0 Å². The van der Waals surface area contributed by atoms with Gasteiger partial charge in [0.25, 0.3) is 0 Å². The molecule has 3 N–H and O–H groups in total. The number of sulfonamides is 1. The zero-order valence-electron chi connectivity index (χ0n) is 9.97. The molecule has 1 aromatic rings. The average Bonchev–Trinajstić information content (AvgIpc) is 2.36. The topological polar surface area (TPSA) is 78.4 Å². The van der Waals surface area contributed by atoms with Crippen LogP contribution < -0.4 is 10.0 Å². The Hall–Kier alpha value is -1.11. The van der Waals surface area contributed by atoms with Gasteiger partial charge in [0.2, 0.25) is 10.0 Å². The monoisotopic (exact) mass is 258 g/mol. The van der Waals surface area contributed by atoms with Crippen LogP contribution in [-0.4, -0.2) is 33.7 Å². The molecule has 17 heavy (non-hydrogen) atoms. The molecule has 0 fully saturated rings. The highest BCUT2D eigenvalue weighted by Crippen LogP contribution is 2.20. The summed E-state index contributed by atoms with van der Waals surface area (Å²) < 4.78 is 25.8. The molecule has 0 saturated heterocycles. The molecule has 1 aromatic carbocycles. The molecular weight excluding hydrogens is 240 g/mol. The molecular formula is C11H18N2O3S. The third-order valence-electron chi connectivity index (χ3n) is 2.40. The van der Waals surface area contributed by atoms with E-state index >= 15 is 0 Å². The molecule has 0 spiro atoms. The van der Waals surface area contributed by atoms with Crippen LogP contribution in [0.5, 0.6) is 0 Å². The predicted octanol–water partition coefficient (Wildman–Crippen LogP) is 0.635. The highest BCUT2D eigenvalue weighted by atomic mass is 32.2. The van der Waals surface area contributed by atoms with E-state index in [0.717, 1.165) is 0 Å². The maximum Gasteiger partial charge on any atom is 0.242 e. The van der Waals surface area contributed by atoms with Gasteiger partial charge < -0.3 is 10.4 Å². The lowest BCUT2D eigenvalue weighted by molar-refractivity contribution is 0.244. The first-order valence-corrected chi connectivity index (χ1v) is 6.87. The smallest absolute Gasteiger partial charge is 0.242 e. The van der Waals surface area contributed by atoms with Crippen LogP contribution in [0, 0.1) is 5.92 Å². The van der Waals surface area contributed by atoms with Gasteiger partial charge in [0.05, 0.1) is 5.69 Å². The fourth-order valence-corrected chi connectivity index (χ4v) is 2.21. The predicted molar refractivity (Wildman–Crippen MR) is 67.4 cm³/mol. The summed E-state index contributed by atoms with van der Waals surface area (Å²) in [6.45, 7) is 2.46. The van der Waals surface area contributed by atoms with E-state index in [1.165, 1.54) is 13.1 Å². The highest BCUT2D eigenvalue weighted by Gasteiger charge is 2.15. The van der Waals surface area contributed by atoms with Crippen LogP contribution in [0.1, 0.15) is 6.92 Å². The van der Waals surface area contributed by atoms with Crippen molar-refractivity contribution < 1.29 is 13.5 Å². The molecule has 0 aliphatic rings. The third kappa shape index (κ3) is 3.69. The molecule has 0 aliphatic heterocycles. The minimum absolute atomic E-state index is 0.0634. The summed E-state index contributed by atoms with van der Waals surface area (Å²) in [5, 5.41) is 11.9. The minimum Gasteiger partial charge on any atom is -0.396 e. The summed E-state index contributed by atoms with van der Waals surface area (Å²) in [7, 11) is -2.08. The van der Waals surface area contributed by atoms with E-state index in [4.69, 9.17) is 5.11 Å². The lowest BCUT2D eigenvalue weighted by atomic mass is 10.2. The molecule has 0 bridgehead atoms. The van der Waals surface area contributed by atoms with Crippen molar-refractivity contribution in [3.05, 3.63) is 24.3 Å². The lowest BCUT2D eigenvalue weighted by Gasteiger charge is -2.14. The maximum atomic E-state index is 11.7. The van der Waals surface area contributed by atoms with Gasteiger partial charge in [-0.2, -0.15) is 0 Å². The molecule has 0 amide bonds. The fraction of sp³-hybridized carbons (Fsp3) is 0.455. The zero-order chi connectivity index (χ0) is 12.9. The number of hydrogen-bond donors (Lipinski definition) is 3. The Morgan fingerprint density at radius 3 is 2.59 bits per heavy atom. The summed E-state index contributed by atoms with van der Waals surface area (Å²) in [4.78, 5) is 0.215. The first kappa shape index (κ1) is 14.0. The second-order valence-corrected chi connectivity index (χ2v) is 5.73. The molecule has 6 heteroatoms. The molecule has 0 aromatic heterocycles. The second kappa shape index (κ2) is 6.00. The number of rotatable bonds is 6. The van der Waals surface area contributed by atoms with Crippen molar-refractivity contribution in [1.29, 1.82) is 0 Å². The summed E-state index contributed by atoms with van der Waals surface area (Å²) in [6, 6.07) is 6.68. The van der Waals surface area contributed by atoms with Gasteiger partial charge in [0, 0.05) is 13.2 Å². The number of benzene rings is 1. The Morgan fingerprint density at radius 2 is 2.00 bits per heavy atom. The lowest BCUT2D eigenvalue weighted by Crippen LogP contribution is -2.21. The van der Waals surface area contributed by atoms with Crippen molar-refractivity contribution in [3.63, 3.8) is 0 Å². The van der Waals surface area contributed by atoms with Gasteiger partial charge in [-0.15, -0.1) is 0 Å². The Kier molecular flexibility index (Phi) is 4.92. The van der Waals surface area contributed by atoms with Crippen molar-refractivity contribution in [2.75, 3.05) is 25.5 Å². The van der Waals surface area contributed by atoms with E-state index in [0.29, 0.717) is 12.2 Å². The summed E-state index contributed by atoms with van der Waals surface area (Å²) in [6.07, 6.45) is 0. The summed E-state index contributed by atoms with van der Waals surface area (Å²) in [5.41, 5.74) is 0.544. The molecule has 0 aliphatic carbocycles. The first-order chi connectivity index (χ1) is 8.01. The molecule has 0 radical (unpaired) electrons. The zero-order valence-corrected chi connectivity index (χ0v) is 10.8. The van der Waals surface area contributed by atoms with Crippen LogP contribution in [0.25, 0.3) is 0 Å². The van der Waals surface area contributed by atoms with E-state index in [1.807, 2.05) is 6.92 Å². The number of anilines is 1. The highest BCUT2D eigenvalue weighted by molar-refractivity contribution is 7.89. The Morgan fingerprint density at radius 1 is 1.35 bits per heavy atom. The molecule has 1 unspecified atom stereocenters. The third-order valence-corrected chi connectivity index (χ3v) is 3.87. The van der Waals surface area contributed by atoms with Gasteiger partial charge in [-0.1, -0.05) is 19.1 Å². The van der Waals surface area contributed by atoms with Crippen LogP contribution in [0.3, 0.4) is 0 Å². The van der Waals surface area contributed by atoms with Crippen molar-refractivity contribution in [1.82, 2.24) is 4.72 Å². The molecule has 1 atom stereocenters. The maximum absolute atomic E-state index is 11.7. The van der Waals surface area contributed by atoms with Gasteiger partial charge in [-0.05, 0) is 25.1 Å². The van der Waals surface area contributed by atoms with E-state index in [1.54, 1.807) is 18.2 Å². The van der Waals surface area contributed by atoms with Crippen molar-refractivity contribution >= 4 is 15.7 Å². The molecule has 0 saturated carbocycles. The second-order valence-electron chi connectivity index (χ2n) is 3.87. The quantitative estimate of drug-likeness (QED) is 0.699. The van der Waals surface area contributed by atoms with Gasteiger partial charge in [0.15, 0.2) is 0 Å². The van der Waals surface area contributed by atoms with E-state index in [9.17, 15) is 8.42 Å².